The van der Waals surface area contributed by atoms with E-state index in [0.29, 0.717) is 24.2 Å². The van der Waals surface area contributed by atoms with E-state index in [2.05, 4.69) is 20.1 Å². The number of fused-ring (bicyclic) bond motifs is 1. The molecule has 126 valence electrons. The van der Waals surface area contributed by atoms with Crippen molar-refractivity contribution < 1.29 is 4.74 Å². The molecule has 4 rings (SSSR count). The van der Waals surface area contributed by atoms with Crippen molar-refractivity contribution in [1.29, 1.82) is 0 Å². The molecule has 0 fully saturated rings. The van der Waals surface area contributed by atoms with Gasteiger partial charge in [-0.2, -0.15) is 5.10 Å². The highest BCUT2D eigenvalue weighted by molar-refractivity contribution is 5.94. The lowest BCUT2D eigenvalue weighted by Crippen LogP contribution is -2.07. The summed E-state index contributed by atoms with van der Waals surface area (Å²) in [5.74, 6) is 0. The molecule has 0 bridgehead atoms. The zero-order valence-electron chi connectivity index (χ0n) is 13.6. The van der Waals surface area contributed by atoms with Crippen LogP contribution in [-0.4, -0.2) is 43.0 Å². The number of aromatic amines is 1. The van der Waals surface area contributed by atoms with E-state index in [1.54, 1.807) is 30.4 Å². The lowest BCUT2D eigenvalue weighted by molar-refractivity contribution is 0.183. The van der Waals surface area contributed by atoms with E-state index >= 15 is 0 Å². The maximum Gasteiger partial charge on any atom is 0.260 e. The summed E-state index contributed by atoms with van der Waals surface area (Å²) in [5, 5.41) is 4.87. The molecule has 0 aromatic carbocycles. The predicted molar refractivity (Wildman–Crippen MR) is 92.6 cm³/mol. The summed E-state index contributed by atoms with van der Waals surface area (Å²) >= 11 is 0. The molecule has 25 heavy (non-hydrogen) atoms. The molecule has 4 aromatic rings. The van der Waals surface area contributed by atoms with Gasteiger partial charge in [0.2, 0.25) is 0 Å². The second kappa shape index (κ2) is 6.33. The fourth-order valence-electron chi connectivity index (χ4n) is 2.80. The molecular formula is C17H16N6O2. The molecule has 1 N–H and O–H groups in total. The van der Waals surface area contributed by atoms with Crippen LogP contribution < -0.4 is 5.56 Å². The molecule has 0 saturated heterocycles. The molecular weight excluding hydrogens is 320 g/mol. The third-order valence-corrected chi connectivity index (χ3v) is 4.00. The third-order valence-electron chi connectivity index (χ3n) is 4.00. The third kappa shape index (κ3) is 2.72. The van der Waals surface area contributed by atoms with Crippen LogP contribution in [0.15, 0.2) is 54.2 Å². The number of pyridine rings is 1. The van der Waals surface area contributed by atoms with Gasteiger partial charge in [0.05, 0.1) is 36.7 Å². The Bertz CT molecular complexity index is 1060. The summed E-state index contributed by atoms with van der Waals surface area (Å²) in [6.45, 7) is 1.22. The first-order valence-corrected chi connectivity index (χ1v) is 7.79. The number of hydrogen-bond acceptors (Lipinski definition) is 5. The van der Waals surface area contributed by atoms with Crippen LogP contribution in [-0.2, 0) is 11.3 Å². The van der Waals surface area contributed by atoms with Crippen molar-refractivity contribution >= 4 is 11.0 Å². The normalized spacial score (nSPS) is 11.2. The molecule has 8 heteroatoms. The van der Waals surface area contributed by atoms with Crippen LogP contribution in [0.4, 0.5) is 0 Å². The van der Waals surface area contributed by atoms with Gasteiger partial charge >= 0.3 is 0 Å². The van der Waals surface area contributed by atoms with Gasteiger partial charge in [-0.15, -0.1) is 0 Å². The van der Waals surface area contributed by atoms with Gasteiger partial charge in [0.15, 0.2) is 5.65 Å². The van der Waals surface area contributed by atoms with E-state index in [1.165, 1.54) is 6.33 Å². The Morgan fingerprint density at radius 2 is 2.08 bits per heavy atom. The summed E-state index contributed by atoms with van der Waals surface area (Å²) in [4.78, 5) is 23.5. The lowest BCUT2D eigenvalue weighted by Gasteiger charge is -2.02. The topological polar surface area (TPSA) is 90.6 Å². The Labute approximate surface area is 142 Å². The molecule has 0 unspecified atom stereocenters. The minimum atomic E-state index is -0.183. The fourth-order valence-corrected chi connectivity index (χ4v) is 2.80. The van der Waals surface area contributed by atoms with E-state index < -0.39 is 0 Å². The number of aromatic nitrogens is 6. The van der Waals surface area contributed by atoms with Crippen LogP contribution in [0.25, 0.3) is 27.8 Å². The zero-order chi connectivity index (χ0) is 17.2. The van der Waals surface area contributed by atoms with Gasteiger partial charge < -0.3 is 14.3 Å². The van der Waals surface area contributed by atoms with Gasteiger partial charge in [-0.25, -0.2) is 4.98 Å². The SMILES string of the molecule is COCCn1cc(-c2cn(-c3ccncc3)c3nc[nH]c(=O)c23)cn1. The highest BCUT2D eigenvalue weighted by Crippen LogP contribution is 2.28. The maximum absolute atomic E-state index is 12.4. The molecule has 0 aliphatic rings. The van der Waals surface area contributed by atoms with Crippen LogP contribution in [0.5, 0.6) is 0 Å². The molecule has 0 spiro atoms. The van der Waals surface area contributed by atoms with Gasteiger partial charge in [0.1, 0.15) is 0 Å². The highest BCUT2D eigenvalue weighted by Gasteiger charge is 2.16. The summed E-state index contributed by atoms with van der Waals surface area (Å²) in [7, 11) is 1.65. The average molecular weight is 336 g/mol. The number of H-pyrrole nitrogens is 1. The van der Waals surface area contributed by atoms with Crippen LogP contribution in [0.1, 0.15) is 0 Å². The number of rotatable bonds is 5. The molecule has 0 saturated carbocycles. The van der Waals surface area contributed by atoms with Crippen LogP contribution in [0.3, 0.4) is 0 Å². The minimum Gasteiger partial charge on any atom is -0.383 e. The molecule has 0 aliphatic carbocycles. The zero-order valence-corrected chi connectivity index (χ0v) is 13.6. The minimum absolute atomic E-state index is 0.183. The van der Waals surface area contributed by atoms with E-state index in [4.69, 9.17) is 4.74 Å². The predicted octanol–water partition coefficient (Wildman–Crippen LogP) is 1.62. The quantitative estimate of drug-likeness (QED) is 0.598. The maximum atomic E-state index is 12.4. The van der Waals surface area contributed by atoms with Crippen molar-refractivity contribution in [3.8, 4) is 16.8 Å². The molecule has 8 nitrogen and oxygen atoms in total. The van der Waals surface area contributed by atoms with Gasteiger partial charge in [0.25, 0.3) is 5.56 Å². The molecule has 4 heterocycles. The number of methoxy groups -OCH3 is 1. The summed E-state index contributed by atoms with van der Waals surface area (Å²) < 4.78 is 8.75. The van der Waals surface area contributed by atoms with Crippen molar-refractivity contribution in [1.82, 2.24) is 29.3 Å². The Hall–Kier alpha value is -3.26. The second-order valence-electron chi connectivity index (χ2n) is 5.53. The number of nitrogens with one attached hydrogen (secondary N) is 1. The van der Waals surface area contributed by atoms with Gasteiger partial charge in [-0.1, -0.05) is 0 Å². The monoisotopic (exact) mass is 336 g/mol. The largest absolute Gasteiger partial charge is 0.383 e. The summed E-state index contributed by atoms with van der Waals surface area (Å²) in [5.41, 5.74) is 2.93. The van der Waals surface area contributed by atoms with Crippen molar-refractivity contribution in [2.75, 3.05) is 13.7 Å². The first kappa shape index (κ1) is 15.3. The first-order valence-electron chi connectivity index (χ1n) is 7.79. The lowest BCUT2D eigenvalue weighted by atomic mass is 10.1. The molecule has 0 atom stereocenters. The Morgan fingerprint density at radius 3 is 2.88 bits per heavy atom. The van der Waals surface area contributed by atoms with E-state index in [-0.39, 0.29) is 5.56 Å². The highest BCUT2D eigenvalue weighted by atomic mass is 16.5. The Balaban J connectivity index is 1.90. The molecule has 0 aliphatic heterocycles. The van der Waals surface area contributed by atoms with Crippen molar-refractivity contribution in [3.63, 3.8) is 0 Å². The number of nitrogens with zero attached hydrogens (tertiary/aromatic N) is 5. The Morgan fingerprint density at radius 1 is 1.24 bits per heavy atom. The standard InChI is InChI=1S/C17H16N6O2/c1-25-7-6-22-9-12(8-21-22)14-10-23(13-2-4-18-5-3-13)16-15(14)17(24)20-11-19-16/h2-5,8-11H,6-7H2,1H3,(H,19,20,24). The molecule has 0 amide bonds. The Kier molecular flexibility index (Phi) is 3.87. The van der Waals surface area contributed by atoms with E-state index in [9.17, 15) is 4.79 Å². The van der Waals surface area contributed by atoms with Gasteiger partial charge in [-0.3, -0.25) is 14.5 Å². The van der Waals surface area contributed by atoms with E-state index in [0.717, 1.165) is 16.8 Å². The van der Waals surface area contributed by atoms with Gasteiger partial charge in [0, 0.05) is 43.0 Å². The van der Waals surface area contributed by atoms with Crippen molar-refractivity contribution in [3.05, 3.63) is 59.8 Å². The van der Waals surface area contributed by atoms with Gasteiger partial charge in [-0.05, 0) is 12.1 Å². The van der Waals surface area contributed by atoms with Crippen molar-refractivity contribution in [2.45, 2.75) is 6.54 Å². The smallest absolute Gasteiger partial charge is 0.260 e. The fraction of sp³-hybridized carbons (Fsp3) is 0.176. The van der Waals surface area contributed by atoms with Crippen LogP contribution in [0.2, 0.25) is 0 Å². The average Bonchev–Trinajstić information content (AvgIpc) is 3.26. The van der Waals surface area contributed by atoms with Crippen molar-refractivity contribution in [2.24, 2.45) is 0 Å². The van der Waals surface area contributed by atoms with Crippen LogP contribution >= 0.6 is 0 Å². The summed E-state index contributed by atoms with van der Waals surface area (Å²) in [6, 6.07) is 3.74. The number of ether oxygens (including phenoxy) is 1. The molecule has 0 radical (unpaired) electrons. The second-order valence-corrected chi connectivity index (χ2v) is 5.53. The van der Waals surface area contributed by atoms with Crippen LogP contribution in [0, 0.1) is 0 Å². The number of hydrogen-bond donors (Lipinski definition) is 1. The first-order chi connectivity index (χ1) is 12.3. The van der Waals surface area contributed by atoms with E-state index in [1.807, 2.05) is 29.1 Å². The molecule has 4 aromatic heterocycles. The summed E-state index contributed by atoms with van der Waals surface area (Å²) in [6.07, 6.45) is 10.4.